The molecule has 0 bridgehead atoms. The molecule has 210 valence electrons. The van der Waals surface area contributed by atoms with Gasteiger partial charge in [-0.05, 0) is 35.1 Å². The number of carbonyl (C=O) groups excluding carboxylic acids is 1. The molecular formula is C24H18F9N3O2S. The highest BCUT2D eigenvalue weighted by Gasteiger charge is 2.63. The van der Waals surface area contributed by atoms with Crippen molar-refractivity contribution < 1.29 is 49.1 Å². The van der Waals surface area contributed by atoms with Gasteiger partial charge in [-0.25, -0.2) is 0 Å². The molecule has 15 heteroatoms. The first-order valence-electron chi connectivity index (χ1n) is 11.0. The topological polar surface area (TPSA) is 74.5 Å². The molecule has 0 aromatic heterocycles. The number of amides is 1. The number of carbonyl (C=O) groups is 1. The van der Waals surface area contributed by atoms with Gasteiger partial charge in [0.1, 0.15) is 6.04 Å². The van der Waals surface area contributed by atoms with Crippen LogP contribution in [-0.4, -0.2) is 29.3 Å². The van der Waals surface area contributed by atoms with Crippen LogP contribution in [0.15, 0.2) is 47.6 Å². The highest BCUT2D eigenvalue weighted by atomic mass is 32.2. The fourth-order valence-corrected chi connectivity index (χ4v) is 4.17. The third-order valence-electron chi connectivity index (χ3n) is 5.69. The summed E-state index contributed by atoms with van der Waals surface area (Å²) in [4.78, 5) is 16.5. The number of thioether (sulfide) groups is 1. The molecule has 2 aromatic carbocycles. The van der Waals surface area contributed by atoms with Crippen molar-refractivity contribution in [2.45, 2.75) is 43.5 Å². The van der Waals surface area contributed by atoms with E-state index in [9.17, 15) is 49.6 Å². The van der Waals surface area contributed by atoms with Crippen molar-refractivity contribution in [1.29, 1.82) is 5.26 Å². The Bertz CT molecular complexity index is 1250. The molecule has 0 radical (unpaired) electrons. The van der Waals surface area contributed by atoms with Gasteiger partial charge >= 0.3 is 18.5 Å². The zero-order valence-electron chi connectivity index (χ0n) is 19.8. The number of alkyl halides is 9. The number of rotatable bonds is 7. The van der Waals surface area contributed by atoms with Gasteiger partial charge in [0.15, 0.2) is 0 Å². The quantitative estimate of drug-likeness (QED) is 0.367. The summed E-state index contributed by atoms with van der Waals surface area (Å²) in [5.41, 5.74) is -9.00. The van der Waals surface area contributed by atoms with E-state index in [0.717, 1.165) is 0 Å². The zero-order valence-corrected chi connectivity index (χ0v) is 20.6. The molecule has 1 heterocycles. The molecule has 39 heavy (non-hydrogen) atoms. The number of benzene rings is 2. The monoisotopic (exact) mass is 583 g/mol. The number of hydrogen-bond donors (Lipinski definition) is 1. The molecule has 2 atom stereocenters. The first-order chi connectivity index (χ1) is 18.0. The molecule has 0 spiro atoms. The SMILES string of the molecule is CCSCC(=O)NC(C#N)c1ccc(C2=NOC(c3cc(C(F)(F)F)cc(C(F)(F)F)c3)(C(F)(F)F)C2)cc1. The number of oxime groups is 1. The normalized spacial score (nSPS) is 18.6. The third-order valence-corrected chi connectivity index (χ3v) is 6.56. The maximum Gasteiger partial charge on any atom is 0.435 e. The van der Waals surface area contributed by atoms with E-state index in [4.69, 9.17) is 0 Å². The van der Waals surface area contributed by atoms with Crippen LogP contribution in [-0.2, 0) is 27.6 Å². The van der Waals surface area contributed by atoms with Crippen molar-refractivity contribution in [2.24, 2.45) is 5.16 Å². The first-order valence-corrected chi connectivity index (χ1v) is 12.2. The van der Waals surface area contributed by atoms with Crippen LogP contribution in [0.25, 0.3) is 0 Å². The minimum atomic E-state index is -5.46. The summed E-state index contributed by atoms with van der Waals surface area (Å²) in [6, 6.07) is 5.56. The Kier molecular flexibility index (Phi) is 8.49. The summed E-state index contributed by atoms with van der Waals surface area (Å²) in [5, 5.41) is 15.2. The minimum Gasteiger partial charge on any atom is -0.374 e. The average molecular weight is 583 g/mol. The number of nitriles is 1. The second-order valence-electron chi connectivity index (χ2n) is 8.31. The predicted octanol–water partition coefficient (Wildman–Crippen LogP) is 6.74. The average Bonchev–Trinajstić information content (AvgIpc) is 3.32. The molecule has 1 aliphatic rings. The molecule has 1 N–H and O–H groups in total. The van der Waals surface area contributed by atoms with Crippen molar-refractivity contribution >= 4 is 23.4 Å². The van der Waals surface area contributed by atoms with Crippen LogP contribution in [0.3, 0.4) is 0 Å². The van der Waals surface area contributed by atoms with Crippen molar-refractivity contribution in [1.82, 2.24) is 5.32 Å². The van der Waals surface area contributed by atoms with Crippen molar-refractivity contribution in [3.8, 4) is 6.07 Å². The highest BCUT2D eigenvalue weighted by molar-refractivity contribution is 7.99. The fourth-order valence-electron chi connectivity index (χ4n) is 3.70. The van der Waals surface area contributed by atoms with Gasteiger partial charge in [0.25, 0.3) is 5.60 Å². The van der Waals surface area contributed by atoms with E-state index in [0.29, 0.717) is 5.75 Å². The lowest BCUT2D eigenvalue weighted by atomic mass is 9.84. The van der Waals surface area contributed by atoms with Crippen LogP contribution < -0.4 is 5.32 Å². The van der Waals surface area contributed by atoms with E-state index in [2.05, 4.69) is 15.3 Å². The molecule has 2 unspecified atom stereocenters. The van der Waals surface area contributed by atoms with E-state index in [1.54, 1.807) is 0 Å². The van der Waals surface area contributed by atoms with Crippen LogP contribution in [0, 0.1) is 11.3 Å². The Labute approximate surface area is 220 Å². The van der Waals surface area contributed by atoms with E-state index in [-0.39, 0.29) is 35.1 Å². The van der Waals surface area contributed by atoms with Gasteiger partial charge in [0, 0.05) is 12.0 Å². The van der Waals surface area contributed by atoms with E-state index in [1.165, 1.54) is 36.0 Å². The van der Waals surface area contributed by atoms with Crippen molar-refractivity contribution in [3.05, 3.63) is 70.3 Å². The Hall–Kier alpha value is -3.41. The van der Waals surface area contributed by atoms with Gasteiger partial charge in [0.2, 0.25) is 5.91 Å². The summed E-state index contributed by atoms with van der Waals surface area (Å²) < 4.78 is 122. The predicted molar refractivity (Wildman–Crippen MR) is 122 cm³/mol. The second kappa shape index (κ2) is 11.0. The summed E-state index contributed by atoms with van der Waals surface area (Å²) >= 11 is 1.32. The summed E-state index contributed by atoms with van der Waals surface area (Å²) in [6.45, 7) is 1.84. The highest BCUT2D eigenvalue weighted by Crippen LogP contribution is 2.50. The van der Waals surface area contributed by atoms with Gasteiger partial charge in [-0.2, -0.15) is 56.5 Å². The number of nitrogens with zero attached hydrogens (tertiary/aromatic N) is 2. The maximum atomic E-state index is 14.2. The van der Waals surface area contributed by atoms with Gasteiger partial charge in [-0.3, -0.25) is 4.79 Å². The Balaban J connectivity index is 1.95. The molecule has 1 amide bonds. The lowest BCUT2D eigenvalue weighted by Crippen LogP contribution is -2.43. The van der Waals surface area contributed by atoms with E-state index >= 15 is 0 Å². The zero-order chi connectivity index (χ0) is 29.2. The molecule has 0 saturated carbocycles. The summed E-state index contributed by atoms with van der Waals surface area (Å²) in [7, 11) is 0. The van der Waals surface area contributed by atoms with Crippen molar-refractivity contribution in [2.75, 3.05) is 11.5 Å². The standard InChI is InChI=1S/C24H18F9N3O2S/c1-2-39-12-20(37)35-19(11-34)14-5-3-13(4-6-14)18-10-21(38-36-18,24(31,32)33)15-7-16(22(25,26)27)9-17(8-15)23(28,29)30/h3-9,19H,2,10,12H2,1H3,(H,35,37). The lowest BCUT2D eigenvalue weighted by molar-refractivity contribution is -0.276. The van der Waals surface area contributed by atoms with Crippen LogP contribution in [0.2, 0.25) is 0 Å². The van der Waals surface area contributed by atoms with E-state index < -0.39 is 64.9 Å². The lowest BCUT2D eigenvalue weighted by Gasteiger charge is -2.30. The minimum absolute atomic E-state index is 0.0115. The van der Waals surface area contributed by atoms with Crippen LogP contribution >= 0.6 is 11.8 Å². The van der Waals surface area contributed by atoms with Gasteiger partial charge in [-0.15, -0.1) is 0 Å². The van der Waals surface area contributed by atoms with Crippen LogP contribution in [0.4, 0.5) is 39.5 Å². The van der Waals surface area contributed by atoms with Crippen molar-refractivity contribution in [3.63, 3.8) is 0 Å². The summed E-state index contributed by atoms with van der Waals surface area (Å²) in [6.07, 6.45) is -17.4. The van der Waals surface area contributed by atoms with Gasteiger partial charge in [-0.1, -0.05) is 36.3 Å². The number of hydrogen-bond acceptors (Lipinski definition) is 5. The Morgan fingerprint density at radius 2 is 1.62 bits per heavy atom. The number of halogens is 9. The third kappa shape index (κ3) is 6.60. The number of nitrogens with one attached hydrogen (secondary N) is 1. The summed E-state index contributed by atoms with van der Waals surface area (Å²) in [5.74, 6) is 0.354. The largest absolute Gasteiger partial charge is 0.435 e. The molecule has 0 aliphatic carbocycles. The molecule has 0 saturated heterocycles. The molecule has 5 nitrogen and oxygen atoms in total. The maximum absolute atomic E-state index is 14.2. The van der Waals surface area contributed by atoms with Crippen LogP contribution in [0.5, 0.6) is 0 Å². The van der Waals surface area contributed by atoms with Gasteiger partial charge < -0.3 is 10.2 Å². The molecular weight excluding hydrogens is 565 g/mol. The van der Waals surface area contributed by atoms with Crippen LogP contribution in [0.1, 0.15) is 47.2 Å². The second-order valence-corrected chi connectivity index (χ2v) is 9.59. The Morgan fingerprint density at radius 3 is 2.08 bits per heavy atom. The van der Waals surface area contributed by atoms with Gasteiger partial charge in [0.05, 0.1) is 28.7 Å². The first kappa shape index (κ1) is 30.1. The molecule has 1 aliphatic heterocycles. The Morgan fingerprint density at radius 1 is 1.05 bits per heavy atom. The van der Waals surface area contributed by atoms with E-state index in [1.807, 2.05) is 13.0 Å². The molecule has 2 aromatic rings. The fraction of sp³-hybridized carbons (Fsp3) is 0.375. The molecule has 0 fully saturated rings. The smallest absolute Gasteiger partial charge is 0.374 e. The molecule has 3 rings (SSSR count).